The maximum Gasteiger partial charge on any atom is 0.337 e. The summed E-state index contributed by atoms with van der Waals surface area (Å²) in [6.07, 6.45) is 4.46. The quantitative estimate of drug-likeness (QED) is 0.670. The van der Waals surface area contributed by atoms with Crippen LogP contribution in [0.2, 0.25) is 0 Å². The number of rotatable bonds is 5. The molecule has 3 aliphatic heterocycles. The molecule has 8 heteroatoms. The first-order valence-corrected chi connectivity index (χ1v) is 11.6. The highest BCUT2D eigenvalue weighted by Gasteiger charge is 2.45. The van der Waals surface area contributed by atoms with Crippen molar-refractivity contribution in [1.29, 1.82) is 0 Å². The number of cyclic esters (lactones) is 1. The van der Waals surface area contributed by atoms with E-state index in [1.807, 2.05) is 24.3 Å². The third-order valence-corrected chi connectivity index (χ3v) is 7.31. The van der Waals surface area contributed by atoms with E-state index in [0.29, 0.717) is 40.2 Å². The summed E-state index contributed by atoms with van der Waals surface area (Å²) in [5, 5.41) is 10.1. The third-order valence-electron chi connectivity index (χ3n) is 7.31. The van der Waals surface area contributed by atoms with Crippen LogP contribution in [0.4, 0.5) is 5.69 Å². The minimum Gasteiger partial charge on any atom is -0.493 e. The molecular formula is C26H27NO7. The molecule has 1 N–H and O–H groups in total. The summed E-state index contributed by atoms with van der Waals surface area (Å²) < 4.78 is 28.1. The van der Waals surface area contributed by atoms with Crippen LogP contribution in [0, 0.1) is 0 Å². The molecule has 2 aromatic carbocycles. The topological polar surface area (TPSA) is 86.7 Å². The minimum atomic E-state index is -0.405. The van der Waals surface area contributed by atoms with Crippen LogP contribution in [-0.2, 0) is 16.1 Å². The van der Waals surface area contributed by atoms with Gasteiger partial charge in [0.05, 0.1) is 32.1 Å². The van der Waals surface area contributed by atoms with Gasteiger partial charge in [0, 0.05) is 29.3 Å². The van der Waals surface area contributed by atoms with Crippen LogP contribution in [-0.4, -0.2) is 44.7 Å². The minimum absolute atomic E-state index is 0.173. The van der Waals surface area contributed by atoms with Crippen molar-refractivity contribution in [3.05, 3.63) is 52.2 Å². The van der Waals surface area contributed by atoms with Gasteiger partial charge in [-0.1, -0.05) is 12.8 Å². The lowest BCUT2D eigenvalue weighted by molar-refractivity contribution is -0.136. The van der Waals surface area contributed by atoms with Gasteiger partial charge in [0.25, 0.3) is 0 Å². The lowest BCUT2D eigenvalue weighted by atomic mass is 9.79. The molecule has 2 aromatic rings. The van der Waals surface area contributed by atoms with Gasteiger partial charge >= 0.3 is 5.97 Å². The van der Waals surface area contributed by atoms with E-state index in [1.165, 1.54) is 0 Å². The molecule has 4 aliphatic rings. The second-order valence-corrected chi connectivity index (χ2v) is 9.02. The highest BCUT2D eigenvalue weighted by Crippen LogP contribution is 2.53. The normalized spacial score (nSPS) is 21.0. The molecule has 1 unspecified atom stereocenters. The second-order valence-electron chi connectivity index (χ2n) is 9.02. The summed E-state index contributed by atoms with van der Waals surface area (Å²) in [4.78, 5) is 15.5. The zero-order chi connectivity index (χ0) is 23.4. The van der Waals surface area contributed by atoms with Gasteiger partial charge in [-0.15, -0.1) is 0 Å². The fourth-order valence-corrected chi connectivity index (χ4v) is 5.86. The Labute approximate surface area is 197 Å². The molecule has 0 bridgehead atoms. The molecule has 6 rings (SSSR count). The number of carbonyl (C=O) groups excluding carboxylic acids is 1. The fourth-order valence-electron chi connectivity index (χ4n) is 5.86. The maximum atomic E-state index is 13.2. The zero-order valence-corrected chi connectivity index (χ0v) is 19.3. The Kier molecular flexibility index (Phi) is 5.06. The summed E-state index contributed by atoms with van der Waals surface area (Å²) >= 11 is 0. The van der Waals surface area contributed by atoms with E-state index < -0.39 is 5.92 Å². The van der Waals surface area contributed by atoms with Gasteiger partial charge in [0.1, 0.15) is 6.61 Å². The van der Waals surface area contributed by atoms with Crippen molar-refractivity contribution in [2.45, 2.75) is 44.2 Å². The van der Waals surface area contributed by atoms with Crippen molar-refractivity contribution in [2.24, 2.45) is 0 Å². The standard InChI is InChI=1S/C26H27NO7/c1-30-22-8-14(7-15(11-28)25(22)31-2)23-17-9-20-21(34-13-33-20)10-18(17)27(16-5-3-4-6-16)19-12-32-26(29)24(19)23/h7-10,16,23,28H,3-6,11-13H2,1-2H3. The van der Waals surface area contributed by atoms with E-state index in [2.05, 4.69) is 4.90 Å². The van der Waals surface area contributed by atoms with Crippen LogP contribution >= 0.6 is 0 Å². The van der Waals surface area contributed by atoms with E-state index >= 15 is 0 Å². The number of aliphatic hydroxyl groups is 1. The molecule has 0 spiro atoms. The summed E-state index contributed by atoms with van der Waals surface area (Å²) in [5.74, 6) is 1.62. The Morgan fingerprint density at radius 2 is 1.79 bits per heavy atom. The molecule has 0 saturated heterocycles. The SMILES string of the molecule is COc1cc(C2C3=C(COC3=O)N(C3CCCC3)c3cc4c(cc32)OCO4)cc(CO)c1OC. The average Bonchev–Trinajstić information content (AvgIpc) is 3.62. The number of hydrogen-bond acceptors (Lipinski definition) is 8. The third kappa shape index (κ3) is 3.05. The second kappa shape index (κ2) is 8.13. The van der Waals surface area contributed by atoms with Gasteiger partial charge < -0.3 is 33.7 Å². The number of benzene rings is 2. The Morgan fingerprint density at radius 3 is 2.50 bits per heavy atom. The molecule has 0 amide bonds. The van der Waals surface area contributed by atoms with Crippen molar-refractivity contribution in [1.82, 2.24) is 0 Å². The highest BCUT2D eigenvalue weighted by molar-refractivity contribution is 5.98. The first-order valence-electron chi connectivity index (χ1n) is 11.6. The Hall–Kier alpha value is -3.39. The van der Waals surface area contributed by atoms with E-state index in [4.69, 9.17) is 23.7 Å². The van der Waals surface area contributed by atoms with Gasteiger partial charge in [-0.3, -0.25) is 0 Å². The Bertz CT molecular complexity index is 1170. The largest absolute Gasteiger partial charge is 0.493 e. The van der Waals surface area contributed by atoms with E-state index in [1.54, 1.807) is 14.2 Å². The maximum absolute atomic E-state index is 13.2. The summed E-state index contributed by atoms with van der Waals surface area (Å²) in [6, 6.07) is 8.07. The first-order chi connectivity index (χ1) is 16.6. The molecule has 1 fully saturated rings. The molecule has 8 nitrogen and oxygen atoms in total. The molecule has 1 atom stereocenters. The van der Waals surface area contributed by atoms with Crippen LogP contribution in [0.25, 0.3) is 0 Å². The number of anilines is 1. The van der Waals surface area contributed by atoms with Gasteiger partial charge in [-0.2, -0.15) is 0 Å². The number of nitrogens with zero attached hydrogens (tertiary/aromatic N) is 1. The summed E-state index contributed by atoms with van der Waals surface area (Å²) in [5.41, 5.74) is 4.91. The zero-order valence-electron chi connectivity index (χ0n) is 19.3. The smallest absolute Gasteiger partial charge is 0.337 e. The molecule has 0 aromatic heterocycles. The molecule has 178 valence electrons. The number of carbonyl (C=O) groups is 1. The molecule has 0 radical (unpaired) electrons. The number of fused-ring (bicyclic) bond motifs is 2. The predicted molar refractivity (Wildman–Crippen MR) is 123 cm³/mol. The highest BCUT2D eigenvalue weighted by atomic mass is 16.7. The van der Waals surface area contributed by atoms with Crippen molar-refractivity contribution >= 4 is 11.7 Å². The lowest BCUT2D eigenvalue weighted by Gasteiger charge is -2.39. The lowest BCUT2D eigenvalue weighted by Crippen LogP contribution is -2.38. The number of hydrogen-bond donors (Lipinski definition) is 1. The van der Waals surface area contributed by atoms with E-state index in [-0.39, 0.29) is 26.0 Å². The van der Waals surface area contributed by atoms with Crippen LogP contribution in [0.1, 0.15) is 48.3 Å². The van der Waals surface area contributed by atoms with Crippen LogP contribution in [0.5, 0.6) is 23.0 Å². The van der Waals surface area contributed by atoms with Crippen molar-refractivity contribution in [3.8, 4) is 23.0 Å². The van der Waals surface area contributed by atoms with Crippen molar-refractivity contribution < 1.29 is 33.6 Å². The van der Waals surface area contributed by atoms with Crippen molar-refractivity contribution in [2.75, 3.05) is 32.5 Å². The van der Waals surface area contributed by atoms with Crippen LogP contribution < -0.4 is 23.8 Å². The molecule has 3 heterocycles. The first kappa shape index (κ1) is 21.2. The van der Waals surface area contributed by atoms with Gasteiger partial charge in [0.15, 0.2) is 23.0 Å². The van der Waals surface area contributed by atoms with E-state index in [9.17, 15) is 9.90 Å². The molecule has 34 heavy (non-hydrogen) atoms. The number of methoxy groups -OCH3 is 2. The number of esters is 1. The monoisotopic (exact) mass is 465 g/mol. The Morgan fingerprint density at radius 1 is 1.03 bits per heavy atom. The Balaban J connectivity index is 1.61. The fraction of sp³-hybridized carbons (Fsp3) is 0.423. The molecule has 1 saturated carbocycles. The van der Waals surface area contributed by atoms with Gasteiger partial charge in [0.2, 0.25) is 6.79 Å². The summed E-state index contributed by atoms with van der Waals surface area (Å²) in [7, 11) is 3.10. The summed E-state index contributed by atoms with van der Waals surface area (Å²) in [6.45, 7) is 0.195. The number of aliphatic hydroxyl groups excluding tert-OH is 1. The van der Waals surface area contributed by atoms with Crippen molar-refractivity contribution in [3.63, 3.8) is 0 Å². The van der Waals surface area contributed by atoms with Gasteiger partial charge in [-0.25, -0.2) is 4.79 Å². The van der Waals surface area contributed by atoms with Crippen LogP contribution in [0.3, 0.4) is 0 Å². The number of ether oxygens (including phenoxy) is 5. The average molecular weight is 466 g/mol. The predicted octanol–water partition coefficient (Wildman–Crippen LogP) is 3.63. The van der Waals surface area contributed by atoms with E-state index in [0.717, 1.165) is 48.2 Å². The van der Waals surface area contributed by atoms with Gasteiger partial charge in [-0.05, 0) is 42.2 Å². The molecule has 1 aliphatic carbocycles. The van der Waals surface area contributed by atoms with Crippen LogP contribution in [0.15, 0.2) is 35.5 Å². The molecular weight excluding hydrogens is 438 g/mol.